The van der Waals surface area contributed by atoms with Gasteiger partial charge in [0.15, 0.2) is 0 Å². The number of hydrogen-bond donors (Lipinski definition) is 2. The van der Waals surface area contributed by atoms with Crippen LogP contribution in [-0.2, 0) is 6.42 Å². The molecule has 0 unspecified atom stereocenters. The molecule has 4 heteroatoms. The van der Waals surface area contributed by atoms with E-state index in [-0.39, 0.29) is 12.5 Å². The minimum atomic E-state index is 0.0562. The summed E-state index contributed by atoms with van der Waals surface area (Å²) >= 11 is 0. The van der Waals surface area contributed by atoms with Gasteiger partial charge in [-0.25, -0.2) is 0 Å². The second kappa shape index (κ2) is 5.87. The van der Waals surface area contributed by atoms with Crippen LogP contribution in [0, 0.1) is 0 Å². The van der Waals surface area contributed by atoms with E-state index in [9.17, 15) is 4.79 Å². The van der Waals surface area contributed by atoms with Crippen molar-refractivity contribution in [2.45, 2.75) is 19.8 Å². The molecule has 4 nitrogen and oxygen atoms in total. The molecule has 0 radical (unpaired) electrons. The molecule has 98 valence electrons. The van der Waals surface area contributed by atoms with E-state index in [1.807, 2.05) is 25.1 Å². The predicted octanol–water partition coefficient (Wildman–Crippen LogP) is 1.50. The summed E-state index contributed by atoms with van der Waals surface area (Å²) in [4.78, 5) is 14.1. The van der Waals surface area contributed by atoms with Gasteiger partial charge in [-0.2, -0.15) is 0 Å². The first-order valence-electron chi connectivity index (χ1n) is 6.53. The van der Waals surface area contributed by atoms with Crippen molar-refractivity contribution in [1.82, 2.24) is 4.90 Å². The molecule has 0 atom stereocenters. The highest BCUT2D eigenvalue weighted by atomic mass is 16.3. The number of aliphatic hydroxyl groups excluding tert-OH is 1. The number of rotatable bonds is 5. The summed E-state index contributed by atoms with van der Waals surface area (Å²) in [5.41, 5.74) is 3.11. The zero-order chi connectivity index (χ0) is 13.0. The Bertz CT molecular complexity index is 432. The Hall–Kier alpha value is -1.55. The first-order valence-corrected chi connectivity index (χ1v) is 6.53. The highest BCUT2D eigenvalue weighted by molar-refractivity contribution is 5.95. The molecule has 0 aliphatic carbocycles. The van der Waals surface area contributed by atoms with Crippen molar-refractivity contribution in [2.75, 3.05) is 31.6 Å². The van der Waals surface area contributed by atoms with Gasteiger partial charge in [-0.15, -0.1) is 0 Å². The second-order valence-corrected chi connectivity index (χ2v) is 4.51. The van der Waals surface area contributed by atoms with Gasteiger partial charge in [0.1, 0.15) is 0 Å². The van der Waals surface area contributed by atoms with E-state index in [1.165, 1.54) is 5.56 Å². The maximum Gasteiger partial charge on any atom is 0.253 e. The molecule has 0 spiro atoms. The van der Waals surface area contributed by atoms with Gasteiger partial charge in [-0.3, -0.25) is 4.79 Å². The number of hydrogen-bond acceptors (Lipinski definition) is 3. The summed E-state index contributed by atoms with van der Waals surface area (Å²) in [6.45, 7) is 4.33. The number of carbonyl (C=O) groups is 1. The van der Waals surface area contributed by atoms with E-state index < -0.39 is 0 Å². The molecule has 2 N–H and O–H groups in total. The summed E-state index contributed by atoms with van der Waals surface area (Å²) in [6.07, 6.45) is 1.62. The van der Waals surface area contributed by atoms with Gasteiger partial charge >= 0.3 is 0 Å². The fourth-order valence-electron chi connectivity index (χ4n) is 2.29. The summed E-state index contributed by atoms with van der Waals surface area (Å²) in [5, 5.41) is 12.1. The van der Waals surface area contributed by atoms with Crippen LogP contribution in [0.25, 0.3) is 0 Å². The first-order chi connectivity index (χ1) is 8.76. The standard InChI is InChI=1S/C14H20N2O2/c1-2-16(8-3-9-17)14(18)12-4-5-13-11(10-12)6-7-15-13/h4-5,10,15,17H,2-3,6-9H2,1H3. The van der Waals surface area contributed by atoms with Crippen LogP contribution in [0.15, 0.2) is 18.2 Å². The Labute approximate surface area is 108 Å². The average molecular weight is 248 g/mol. The van der Waals surface area contributed by atoms with Crippen molar-refractivity contribution in [2.24, 2.45) is 0 Å². The lowest BCUT2D eigenvalue weighted by molar-refractivity contribution is 0.0754. The van der Waals surface area contributed by atoms with Gasteiger partial charge in [0, 0.05) is 37.5 Å². The molecular weight excluding hydrogens is 228 g/mol. The molecule has 1 heterocycles. The van der Waals surface area contributed by atoms with Gasteiger partial charge in [-0.1, -0.05) is 0 Å². The van der Waals surface area contributed by atoms with E-state index >= 15 is 0 Å². The second-order valence-electron chi connectivity index (χ2n) is 4.51. The first kappa shape index (κ1) is 12.9. The lowest BCUT2D eigenvalue weighted by atomic mass is 10.1. The largest absolute Gasteiger partial charge is 0.396 e. The quantitative estimate of drug-likeness (QED) is 0.830. The molecule has 1 aromatic rings. The van der Waals surface area contributed by atoms with Crippen LogP contribution in [0.2, 0.25) is 0 Å². The summed E-state index contributed by atoms with van der Waals surface area (Å²) in [7, 11) is 0. The van der Waals surface area contributed by atoms with Crippen LogP contribution >= 0.6 is 0 Å². The zero-order valence-electron chi connectivity index (χ0n) is 10.8. The number of anilines is 1. The Morgan fingerprint density at radius 2 is 2.33 bits per heavy atom. The van der Waals surface area contributed by atoms with Crippen molar-refractivity contribution in [3.8, 4) is 0 Å². The molecule has 1 aliphatic rings. The molecule has 1 aromatic carbocycles. The number of aliphatic hydroxyl groups is 1. The zero-order valence-corrected chi connectivity index (χ0v) is 10.8. The fourth-order valence-corrected chi connectivity index (χ4v) is 2.29. The minimum Gasteiger partial charge on any atom is -0.396 e. The van der Waals surface area contributed by atoms with Gasteiger partial charge in [-0.05, 0) is 43.5 Å². The molecule has 2 rings (SSSR count). The Morgan fingerprint density at radius 1 is 1.50 bits per heavy atom. The fraction of sp³-hybridized carbons (Fsp3) is 0.500. The molecule has 0 saturated carbocycles. The SMILES string of the molecule is CCN(CCCO)C(=O)c1ccc2c(c1)CCN2. The number of amides is 1. The van der Waals surface area contributed by atoms with Crippen molar-refractivity contribution in [3.05, 3.63) is 29.3 Å². The van der Waals surface area contributed by atoms with Crippen LogP contribution in [0.3, 0.4) is 0 Å². The molecule has 0 aromatic heterocycles. The third-order valence-corrected chi connectivity index (χ3v) is 3.32. The number of benzene rings is 1. The van der Waals surface area contributed by atoms with Gasteiger partial charge < -0.3 is 15.3 Å². The van der Waals surface area contributed by atoms with E-state index in [1.54, 1.807) is 4.90 Å². The highest BCUT2D eigenvalue weighted by Crippen LogP contribution is 2.23. The van der Waals surface area contributed by atoms with E-state index in [0.29, 0.717) is 19.5 Å². The molecule has 0 bridgehead atoms. The molecule has 1 aliphatic heterocycles. The number of carbonyl (C=O) groups excluding carboxylic acids is 1. The Balaban J connectivity index is 2.12. The number of nitrogens with one attached hydrogen (secondary N) is 1. The molecule has 1 amide bonds. The summed E-state index contributed by atoms with van der Waals surface area (Å²) < 4.78 is 0. The lowest BCUT2D eigenvalue weighted by Gasteiger charge is -2.20. The third kappa shape index (κ3) is 2.64. The van der Waals surface area contributed by atoms with Gasteiger partial charge in [0.2, 0.25) is 0 Å². The van der Waals surface area contributed by atoms with Gasteiger partial charge in [0.05, 0.1) is 0 Å². The maximum atomic E-state index is 12.3. The van der Waals surface area contributed by atoms with E-state index in [2.05, 4.69) is 5.32 Å². The Morgan fingerprint density at radius 3 is 3.06 bits per heavy atom. The van der Waals surface area contributed by atoms with E-state index in [4.69, 9.17) is 5.11 Å². The lowest BCUT2D eigenvalue weighted by Crippen LogP contribution is -2.32. The number of fused-ring (bicyclic) bond motifs is 1. The number of nitrogens with zero attached hydrogens (tertiary/aromatic N) is 1. The van der Waals surface area contributed by atoms with Crippen LogP contribution in [-0.4, -0.2) is 42.2 Å². The Kier molecular flexibility index (Phi) is 4.20. The van der Waals surface area contributed by atoms with Crippen molar-refractivity contribution in [1.29, 1.82) is 0 Å². The molecule has 0 fully saturated rings. The van der Waals surface area contributed by atoms with E-state index in [0.717, 1.165) is 24.2 Å². The molecule has 0 saturated heterocycles. The van der Waals surface area contributed by atoms with Crippen LogP contribution in [0.1, 0.15) is 29.3 Å². The topological polar surface area (TPSA) is 52.6 Å². The average Bonchev–Trinajstić information content (AvgIpc) is 2.86. The summed E-state index contributed by atoms with van der Waals surface area (Å²) in [6, 6.07) is 5.84. The predicted molar refractivity (Wildman–Crippen MR) is 71.9 cm³/mol. The summed E-state index contributed by atoms with van der Waals surface area (Å²) in [5.74, 6) is 0.0562. The van der Waals surface area contributed by atoms with Crippen LogP contribution in [0.5, 0.6) is 0 Å². The maximum absolute atomic E-state index is 12.3. The smallest absolute Gasteiger partial charge is 0.253 e. The monoisotopic (exact) mass is 248 g/mol. The van der Waals surface area contributed by atoms with Crippen LogP contribution < -0.4 is 5.32 Å². The van der Waals surface area contributed by atoms with Crippen molar-refractivity contribution >= 4 is 11.6 Å². The van der Waals surface area contributed by atoms with Crippen molar-refractivity contribution < 1.29 is 9.90 Å². The van der Waals surface area contributed by atoms with Gasteiger partial charge in [0.25, 0.3) is 5.91 Å². The minimum absolute atomic E-state index is 0.0562. The molecular formula is C14H20N2O2. The third-order valence-electron chi connectivity index (χ3n) is 3.32. The van der Waals surface area contributed by atoms with Crippen LogP contribution in [0.4, 0.5) is 5.69 Å². The van der Waals surface area contributed by atoms with Crippen molar-refractivity contribution in [3.63, 3.8) is 0 Å². The molecule has 18 heavy (non-hydrogen) atoms. The highest BCUT2D eigenvalue weighted by Gasteiger charge is 2.17. The normalized spacial score (nSPS) is 13.0.